The predicted octanol–water partition coefficient (Wildman–Crippen LogP) is 2.65. The lowest BCUT2D eigenvalue weighted by atomic mass is 10.1. The zero-order chi connectivity index (χ0) is 18.2. The van der Waals surface area contributed by atoms with Crippen molar-refractivity contribution in [2.45, 2.75) is 13.0 Å². The van der Waals surface area contributed by atoms with Crippen molar-refractivity contribution in [1.82, 2.24) is 10.2 Å². The van der Waals surface area contributed by atoms with Gasteiger partial charge >= 0.3 is 6.03 Å². The molecule has 0 radical (unpaired) electrons. The van der Waals surface area contributed by atoms with Crippen LogP contribution in [-0.2, 0) is 17.8 Å². The molecular weight excluding hydrogens is 318 g/mol. The number of methoxy groups -OCH3 is 1. The Hall–Kier alpha value is -3.02. The van der Waals surface area contributed by atoms with Crippen molar-refractivity contribution in [3.63, 3.8) is 0 Å². The topological polar surface area (TPSA) is 70.7 Å². The summed E-state index contributed by atoms with van der Waals surface area (Å²) in [4.78, 5) is 25.2. The molecular formula is C19H23N3O3. The molecule has 0 atom stereocenters. The molecule has 0 heterocycles. The smallest absolute Gasteiger partial charge is 0.319 e. The van der Waals surface area contributed by atoms with E-state index in [-0.39, 0.29) is 11.9 Å². The quantitative estimate of drug-likeness (QED) is 0.848. The van der Waals surface area contributed by atoms with E-state index in [4.69, 9.17) is 4.74 Å². The van der Waals surface area contributed by atoms with Crippen LogP contribution in [0.2, 0.25) is 0 Å². The standard InChI is InChI=1S/C19H23N3O3/c1-22(2)18(23)12-14-7-9-16(10-8-14)21-19(24)20-13-15-5-4-6-17(11-15)25-3/h4-11H,12-13H2,1-3H3,(H2,20,21,24). The largest absolute Gasteiger partial charge is 0.497 e. The minimum atomic E-state index is -0.292. The molecule has 6 nitrogen and oxygen atoms in total. The van der Waals surface area contributed by atoms with Gasteiger partial charge in [-0.05, 0) is 35.4 Å². The van der Waals surface area contributed by atoms with E-state index in [0.717, 1.165) is 16.9 Å². The van der Waals surface area contributed by atoms with Crippen molar-refractivity contribution in [2.75, 3.05) is 26.5 Å². The summed E-state index contributed by atoms with van der Waals surface area (Å²) >= 11 is 0. The number of ether oxygens (including phenoxy) is 1. The molecule has 0 aliphatic rings. The second kappa shape index (κ2) is 8.73. The Balaban J connectivity index is 1.84. The van der Waals surface area contributed by atoms with Crippen LogP contribution >= 0.6 is 0 Å². The summed E-state index contributed by atoms with van der Waals surface area (Å²) in [6.45, 7) is 0.401. The van der Waals surface area contributed by atoms with Crippen LogP contribution in [0, 0.1) is 0 Å². The number of likely N-dealkylation sites (N-methyl/N-ethyl adjacent to an activating group) is 1. The van der Waals surface area contributed by atoms with Gasteiger partial charge in [0.1, 0.15) is 5.75 Å². The number of amides is 3. The molecule has 2 aromatic carbocycles. The van der Waals surface area contributed by atoms with Gasteiger partial charge in [-0.2, -0.15) is 0 Å². The van der Waals surface area contributed by atoms with E-state index >= 15 is 0 Å². The molecule has 0 bridgehead atoms. The van der Waals surface area contributed by atoms with Gasteiger partial charge in [0, 0.05) is 26.3 Å². The molecule has 2 N–H and O–H groups in total. The van der Waals surface area contributed by atoms with Crippen LogP contribution in [0.3, 0.4) is 0 Å². The van der Waals surface area contributed by atoms with E-state index in [2.05, 4.69) is 10.6 Å². The molecule has 0 saturated carbocycles. The number of hydrogen-bond acceptors (Lipinski definition) is 3. The number of carbonyl (C=O) groups excluding carboxylic acids is 2. The molecule has 0 fully saturated rings. The van der Waals surface area contributed by atoms with Gasteiger partial charge in [0.2, 0.25) is 5.91 Å². The zero-order valence-electron chi connectivity index (χ0n) is 14.7. The fourth-order valence-corrected chi connectivity index (χ4v) is 2.18. The SMILES string of the molecule is COc1cccc(CNC(=O)Nc2ccc(CC(=O)N(C)C)cc2)c1. The Labute approximate surface area is 147 Å². The Morgan fingerprint density at radius 2 is 1.76 bits per heavy atom. The summed E-state index contributed by atoms with van der Waals surface area (Å²) in [5.74, 6) is 0.791. The number of benzene rings is 2. The highest BCUT2D eigenvalue weighted by molar-refractivity contribution is 5.89. The van der Waals surface area contributed by atoms with Gasteiger partial charge in [-0.1, -0.05) is 24.3 Å². The maximum absolute atomic E-state index is 12.0. The fourth-order valence-electron chi connectivity index (χ4n) is 2.18. The van der Waals surface area contributed by atoms with Gasteiger partial charge in [-0.25, -0.2) is 4.79 Å². The van der Waals surface area contributed by atoms with E-state index in [9.17, 15) is 9.59 Å². The van der Waals surface area contributed by atoms with Gasteiger partial charge in [0.25, 0.3) is 0 Å². The third kappa shape index (κ3) is 5.84. The van der Waals surface area contributed by atoms with Gasteiger partial charge in [-0.15, -0.1) is 0 Å². The van der Waals surface area contributed by atoms with Crippen LogP contribution in [-0.4, -0.2) is 38.0 Å². The molecule has 2 aromatic rings. The Morgan fingerprint density at radius 3 is 2.40 bits per heavy atom. The summed E-state index contributed by atoms with van der Waals surface area (Å²) in [5, 5.41) is 5.56. The molecule has 3 amide bonds. The van der Waals surface area contributed by atoms with E-state index in [1.807, 2.05) is 36.4 Å². The van der Waals surface area contributed by atoms with Crippen molar-refractivity contribution in [3.8, 4) is 5.75 Å². The maximum Gasteiger partial charge on any atom is 0.319 e. The molecule has 0 saturated heterocycles. The van der Waals surface area contributed by atoms with Crippen molar-refractivity contribution in [3.05, 3.63) is 59.7 Å². The summed E-state index contributed by atoms with van der Waals surface area (Å²) < 4.78 is 5.16. The van der Waals surface area contributed by atoms with Crippen LogP contribution < -0.4 is 15.4 Å². The number of carbonyl (C=O) groups is 2. The molecule has 0 spiro atoms. The van der Waals surface area contributed by atoms with E-state index in [1.54, 1.807) is 38.2 Å². The highest BCUT2D eigenvalue weighted by Crippen LogP contribution is 2.13. The average Bonchev–Trinajstić information content (AvgIpc) is 2.61. The fraction of sp³-hybridized carbons (Fsp3) is 0.263. The minimum Gasteiger partial charge on any atom is -0.497 e. The first kappa shape index (κ1) is 18.3. The number of anilines is 1. The average molecular weight is 341 g/mol. The van der Waals surface area contributed by atoms with Crippen LogP contribution in [0.1, 0.15) is 11.1 Å². The normalized spacial score (nSPS) is 10.0. The van der Waals surface area contributed by atoms with E-state index < -0.39 is 0 Å². The number of hydrogen-bond donors (Lipinski definition) is 2. The first-order chi connectivity index (χ1) is 12.0. The number of rotatable bonds is 6. The van der Waals surface area contributed by atoms with Crippen molar-refractivity contribution in [1.29, 1.82) is 0 Å². The van der Waals surface area contributed by atoms with Gasteiger partial charge in [-0.3, -0.25) is 4.79 Å². The molecule has 6 heteroatoms. The molecule has 25 heavy (non-hydrogen) atoms. The van der Waals surface area contributed by atoms with Crippen molar-refractivity contribution in [2.24, 2.45) is 0 Å². The third-order valence-corrected chi connectivity index (χ3v) is 3.65. The summed E-state index contributed by atoms with van der Waals surface area (Å²) in [6.07, 6.45) is 0.343. The second-order valence-electron chi connectivity index (χ2n) is 5.82. The van der Waals surface area contributed by atoms with Crippen LogP contribution in [0.15, 0.2) is 48.5 Å². The maximum atomic E-state index is 12.0. The first-order valence-electron chi connectivity index (χ1n) is 7.95. The number of nitrogens with zero attached hydrogens (tertiary/aromatic N) is 1. The third-order valence-electron chi connectivity index (χ3n) is 3.65. The molecule has 0 aliphatic carbocycles. The number of nitrogens with one attached hydrogen (secondary N) is 2. The lowest BCUT2D eigenvalue weighted by molar-refractivity contribution is -0.127. The highest BCUT2D eigenvalue weighted by Gasteiger charge is 2.06. The first-order valence-corrected chi connectivity index (χ1v) is 7.95. The van der Waals surface area contributed by atoms with Gasteiger partial charge < -0.3 is 20.3 Å². The molecule has 2 rings (SSSR count). The van der Waals surface area contributed by atoms with Crippen LogP contribution in [0.4, 0.5) is 10.5 Å². The molecule has 0 unspecified atom stereocenters. The summed E-state index contributed by atoms with van der Waals surface area (Å²) in [6, 6.07) is 14.5. The second-order valence-corrected chi connectivity index (χ2v) is 5.82. The minimum absolute atomic E-state index is 0.0386. The lowest BCUT2D eigenvalue weighted by Gasteiger charge is -2.11. The molecule has 132 valence electrons. The Bertz CT molecular complexity index is 727. The monoisotopic (exact) mass is 341 g/mol. The Kier molecular flexibility index (Phi) is 6.39. The predicted molar refractivity (Wildman–Crippen MR) is 97.7 cm³/mol. The van der Waals surface area contributed by atoms with E-state index in [1.165, 1.54) is 0 Å². The van der Waals surface area contributed by atoms with Crippen molar-refractivity contribution >= 4 is 17.6 Å². The molecule has 0 aromatic heterocycles. The zero-order valence-corrected chi connectivity index (χ0v) is 14.7. The van der Waals surface area contributed by atoms with E-state index in [0.29, 0.717) is 18.7 Å². The van der Waals surface area contributed by atoms with Gasteiger partial charge in [0.15, 0.2) is 0 Å². The molecule has 0 aliphatic heterocycles. The van der Waals surface area contributed by atoms with Gasteiger partial charge in [0.05, 0.1) is 13.5 Å². The van der Waals surface area contributed by atoms with Crippen LogP contribution in [0.25, 0.3) is 0 Å². The van der Waals surface area contributed by atoms with Crippen molar-refractivity contribution < 1.29 is 14.3 Å². The summed E-state index contributed by atoms with van der Waals surface area (Å²) in [7, 11) is 5.06. The Morgan fingerprint density at radius 1 is 1.04 bits per heavy atom. The lowest BCUT2D eigenvalue weighted by Crippen LogP contribution is -2.28. The number of urea groups is 1. The summed E-state index contributed by atoms with van der Waals surface area (Å²) in [5.41, 5.74) is 2.53. The highest BCUT2D eigenvalue weighted by atomic mass is 16.5. The van der Waals surface area contributed by atoms with Crippen LogP contribution in [0.5, 0.6) is 5.75 Å².